The lowest BCUT2D eigenvalue weighted by Gasteiger charge is -2.34. The second-order valence-corrected chi connectivity index (χ2v) is 17.2. The summed E-state index contributed by atoms with van der Waals surface area (Å²) in [6.07, 6.45) is 0. The fourth-order valence-electron chi connectivity index (χ4n) is 11.3. The van der Waals surface area contributed by atoms with E-state index in [4.69, 9.17) is 4.42 Å². The highest BCUT2D eigenvalue weighted by Crippen LogP contribution is 2.56. The van der Waals surface area contributed by atoms with Crippen LogP contribution in [0.25, 0.3) is 99.2 Å². The Kier molecular flexibility index (Phi) is 7.32. The number of hydrogen-bond donors (Lipinski definition) is 0. The summed E-state index contributed by atoms with van der Waals surface area (Å²) in [6, 6.07) is 84.7. The van der Waals surface area contributed by atoms with E-state index in [1.165, 1.54) is 88.1 Å². The molecule has 3 nitrogen and oxygen atoms in total. The van der Waals surface area contributed by atoms with Gasteiger partial charge in [0, 0.05) is 49.8 Å². The molecule has 64 heavy (non-hydrogen) atoms. The van der Waals surface area contributed by atoms with Gasteiger partial charge in [0.1, 0.15) is 11.2 Å². The van der Waals surface area contributed by atoms with Gasteiger partial charge < -0.3 is 13.6 Å². The summed E-state index contributed by atoms with van der Waals surface area (Å²) < 4.78 is 11.2. The molecule has 0 bridgehead atoms. The minimum absolute atomic E-state index is 0.474. The Labute approximate surface area is 369 Å². The minimum Gasteiger partial charge on any atom is -0.456 e. The summed E-state index contributed by atoms with van der Waals surface area (Å²) in [6.45, 7) is 0. The lowest BCUT2D eigenvalue weighted by molar-refractivity contribution is 0.668. The summed E-state index contributed by atoms with van der Waals surface area (Å²) in [5, 5.41) is 7.19. The smallest absolute Gasteiger partial charge is 0.137 e. The van der Waals surface area contributed by atoms with Crippen LogP contribution in [0.1, 0.15) is 22.3 Å². The zero-order valence-corrected chi connectivity index (χ0v) is 34.7. The van der Waals surface area contributed by atoms with Gasteiger partial charge in [0.15, 0.2) is 0 Å². The van der Waals surface area contributed by atoms with Crippen molar-refractivity contribution in [3.05, 3.63) is 253 Å². The van der Waals surface area contributed by atoms with Gasteiger partial charge in [-0.25, -0.2) is 0 Å². The number of furan rings is 1. The predicted molar refractivity (Wildman–Crippen MR) is 265 cm³/mol. The summed E-state index contributed by atoms with van der Waals surface area (Å²) in [7, 11) is 0. The van der Waals surface area contributed by atoms with Crippen molar-refractivity contribution in [3.63, 3.8) is 0 Å². The number of para-hydroxylation sites is 3. The van der Waals surface area contributed by atoms with E-state index in [0.29, 0.717) is 0 Å². The van der Waals surface area contributed by atoms with Crippen molar-refractivity contribution in [2.75, 3.05) is 0 Å². The largest absolute Gasteiger partial charge is 0.456 e. The van der Waals surface area contributed by atoms with Crippen molar-refractivity contribution in [1.82, 2.24) is 9.13 Å². The normalized spacial score (nSPS) is 13.1. The first-order valence-corrected chi connectivity index (χ1v) is 22.1. The van der Waals surface area contributed by atoms with E-state index in [-0.39, 0.29) is 0 Å². The van der Waals surface area contributed by atoms with E-state index in [1.807, 2.05) is 12.1 Å². The molecule has 0 saturated heterocycles. The average Bonchev–Trinajstić information content (AvgIpc) is 4.09. The fourth-order valence-corrected chi connectivity index (χ4v) is 11.3. The first-order chi connectivity index (χ1) is 31.7. The van der Waals surface area contributed by atoms with Gasteiger partial charge in [-0.1, -0.05) is 158 Å². The highest BCUT2D eigenvalue weighted by atomic mass is 16.3. The Morgan fingerprint density at radius 3 is 1.44 bits per heavy atom. The van der Waals surface area contributed by atoms with E-state index >= 15 is 0 Å². The van der Waals surface area contributed by atoms with Crippen LogP contribution < -0.4 is 0 Å². The van der Waals surface area contributed by atoms with Crippen molar-refractivity contribution >= 4 is 65.6 Å². The van der Waals surface area contributed by atoms with Crippen LogP contribution >= 0.6 is 0 Å². The van der Waals surface area contributed by atoms with Crippen LogP contribution in [0.3, 0.4) is 0 Å². The molecule has 0 unspecified atom stereocenters. The second kappa shape index (κ2) is 13.3. The zero-order valence-electron chi connectivity index (χ0n) is 34.7. The standard InChI is InChI=1S/C61H38N2O/c1-3-15-41(16-4-1)61(42-17-5-2-6-18-42)53-23-11-7-19-45(53)46-31-29-43(37-54(46)61)62-55-24-12-8-20-47(55)51-35-39(27-33-57(51)62)40-28-34-58-52(36-40)48-21-9-13-25-56(48)63(58)44-30-32-50-49-22-10-14-26-59(49)64-60(50)38-44/h1-38H. The minimum atomic E-state index is -0.474. The molecule has 0 atom stereocenters. The third-order valence-corrected chi connectivity index (χ3v) is 14.0. The van der Waals surface area contributed by atoms with Gasteiger partial charge >= 0.3 is 0 Å². The molecule has 0 fully saturated rings. The van der Waals surface area contributed by atoms with Gasteiger partial charge in [0.25, 0.3) is 0 Å². The van der Waals surface area contributed by atoms with Crippen molar-refractivity contribution < 1.29 is 4.42 Å². The molecular formula is C61H38N2O. The fraction of sp³-hybridized carbons (Fsp3) is 0.0164. The second-order valence-electron chi connectivity index (χ2n) is 17.2. The molecule has 0 N–H and O–H groups in total. The van der Waals surface area contributed by atoms with Crippen LogP contribution in [0.2, 0.25) is 0 Å². The number of hydrogen-bond acceptors (Lipinski definition) is 1. The molecule has 14 rings (SSSR count). The van der Waals surface area contributed by atoms with Gasteiger partial charge in [-0.05, 0) is 111 Å². The topological polar surface area (TPSA) is 23.0 Å². The molecule has 10 aromatic carbocycles. The highest BCUT2D eigenvalue weighted by Gasteiger charge is 2.46. The number of rotatable bonds is 5. The number of nitrogens with zero attached hydrogens (tertiary/aromatic N) is 2. The van der Waals surface area contributed by atoms with Crippen molar-refractivity contribution in [2.24, 2.45) is 0 Å². The quantitative estimate of drug-likeness (QED) is 0.170. The Hall–Kier alpha value is -8.40. The molecule has 3 heteroatoms. The SMILES string of the molecule is c1ccc(C2(c3ccccc3)c3ccccc3-c3ccc(-n4c5ccccc5c5cc(-c6ccc7c(c6)c6ccccc6n7-c6ccc7c(c6)oc6ccccc67)ccc54)cc32)cc1. The molecule has 1 aliphatic rings. The maximum atomic E-state index is 6.35. The molecule has 298 valence electrons. The van der Waals surface area contributed by atoms with Crippen LogP contribution in [0.5, 0.6) is 0 Å². The maximum absolute atomic E-state index is 6.35. The molecule has 3 aromatic heterocycles. The van der Waals surface area contributed by atoms with Crippen LogP contribution in [0.15, 0.2) is 235 Å². The third kappa shape index (κ3) is 4.81. The Bertz CT molecular complexity index is 3980. The lowest BCUT2D eigenvalue weighted by atomic mass is 9.67. The third-order valence-electron chi connectivity index (χ3n) is 14.0. The monoisotopic (exact) mass is 814 g/mol. The van der Waals surface area contributed by atoms with Crippen LogP contribution in [0, 0.1) is 0 Å². The Morgan fingerprint density at radius 1 is 0.297 bits per heavy atom. The molecular weight excluding hydrogens is 777 g/mol. The number of benzene rings is 10. The first kappa shape index (κ1) is 35.2. The molecule has 0 radical (unpaired) electrons. The number of fused-ring (bicyclic) bond motifs is 12. The molecule has 0 spiro atoms. The van der Waals surface area contributed by atoms with Gasteiger partial charge in [0.2, 0.25) is 0 Å². The predicted octanol–water partition coefficient (Wildman–Crippen LogP) is 15.8. The van der Waals surface area contributed by atoms with E-state index in [1.54, 1.807) is 0 Å². The van der Waals surface area contributed by atoms with Crippen molar-refractivity contribution in [2.45, 2.75) is 5.41 Å². The molecule has 0 saturated carbocycles. The van der Waals surface area contributed by atoms with E-state index < -0.39 is 5.41 Å². The lowest BCUT2D eigenvalue weighted by Crippen LogP contribution is -2.28. The molecule has 0 aliphatic heterocycles. The van der Waals surface area contributed by atoms with Crippen LogP contribution in [-0.4, -0.2) is 9.13 Å². The van der Waals surface area contributed by atoms with Gasteiger partial charge in [-0.3, -0.25) is 0 Å². The van der Waals surface area contributed by atoms with Crippen LogP contribution in [-0.2, 0) is 5.41 Å². The molecule has 1 aliphatic carbocycles. The molecule has 0 amide bonds. The summed E-state index contributed by atoms with van der Waals surface area (Å²) in [4.78, 5) is 0. The zero-order chi connectivity index (χ0) is 41.9. The van der Waals surface area contributed by atoms with E-state index in [2.05, 4.69) is 228 Å². The van der Waals surface area contributed by atoms with E-state index in [9.17, 15) is 0 Å². The highest BCUT2D eigenvalue weighted by molar-refractivity contribution is 6.13. The Morgan fingerprint density at radius 2 is 0.781 bits per heavy atom. The summed E-state index contributed by atoms with van der Waals surface area (Å²) in [5.74, 6) is 0. The average molecular weight is 815 g/mol. The molecule has 13 aromatic rings. The maximum Gasteiger partial charge on any atom is 0.137 e. The van der Waals surface area contributed by atoms with Gasteiger partial charge in [0.05, 0.1) is 27.5 Å². The summed E-state index contributed by atoms with van der Waals surface area (Å²) >= 11 is 0. The van der Waals surface area contributed by atoms with E-state index in [0.717, 1.165) is 33.3 Å². The number of aromatic nitrogens is 2. The Balaban J connectivity index is 0.937. The summed E-state index contributed by atoms with van der Waals surface area (Å²) in [5.41, 5.74) is 18.4. The van der Waals surface area contributed by atoms with Crippen LogP contribution in [0.4, 0.5) is 0 Å². The molecule has 3 heterocycles. The van der Waals surface area contributed by atoms with Crippen molar-refractivity contribution in [1.29, 1.82) is 0 Å². The van der Waals surface area contributed by atoms with Gasteiger partial charge in [-0.15, -0.1) is 0 Å². The van der Waals surface area contributed by atoms with Gasteiger partial charge in [-0.2, -0.15) is 0 Å². The van der Waals surface area contributed by atoms with Crippen molar-refractivity contribution in [3.8, 4) is 33.6 Å². The first-order valence-electron chi connectivity index (χ1n) is 22.1.